The van der Waals surface area contributed by atoms with Crippen LogP contribution in [0.1, 0.15) is 13.8 Å². The summed E-state index contributed by atoms with van der Waals surface area (Å²) in [6, 6.07) is 0. The first-order valence-corrected chi connectivity index (χ1v) is 6.27. The molecule has 90 valence electrons. The Morgan fingerprint density at radius 2 is 1.07 bits per heavy atom. The number of halogens is 6. The molecule has 0 aromatic carbocycles. The van der Waals surface area contributed by atoms with Gasteiger partial charge in [0.05, 0.1) is 12.2 Å². The van der Waals surface area contributed by atoms with Gasteiger partial charge in [-0.05, 0) is 13.8 Å². The van der Waals surface area contributed by atoms with E-state index < -0.39 is 13.4 Å². The molecule has 1 saturated heterocycles. The number of hydrogen-bond donors (Lipinski definition) is 0. The second kappa shape index (κ2) is 4.40. The van der Waals surface area contributed by atoms with Crippen LogP contribution in [0.2, 0.25) is 0 Å². The van der Waals surface area contributed by atoms with Crippen molar-refractivity contribution in [3.8, 4) is 0 Å². The van der Waals surface area contributed by atoms with Crippen molar-refractivity contribution < 1.29 is 9.47 Å². The molecule has 0 aromatic rings. The standard InChI is InChI=1S/C7H8Cl6O2/c1-3-4(2)15-5(14-3,6(8,9)10)7(11,12)13/h3-4H,1-2H3/t3-,4+. The molecule has 1 rings (SSSR count). The van der Waals surface area contributed by atoms with Gasteiger partial charge in [-0.2, -0.15) is 0 Å². The highest BCUT2D eigenvalue weighted by atomic mass is 35.6. The molecule has 0 radical (unpaired) electrons. The minimum Gasteiger partial charge on any atom is -0.337 e. The fourth-order valence-corrected chi connectivity index (χ4v) is 2.99. The van der Waals surface area contributed by atoms with Crippen LogP contribution in [0.5, 0.6) is 0 Å². The largest absolute Gasteiger partial charge is 0.337 e. The third-order valence-corrected chi connectivity index (χ3v) is 3.60. The lowest BCUT2D eigenvalue weighted by molar-refractivity contribution is -0.166. The average Bonchev–Trinajstić information content (AvgIpc) is 2.26. The molecule has 0 aliphatic carbocycles. The summed E-state index contributed by atoms with van der Waals surface area (Å²) in [7, 11) is 0. The van der Waals surface area contributed by atoms with Gasteiger partial charge in [0.1, 0.15) is 0 Å². The van der Waals surface area contributed by atoms with Crippen molar-refractivity contribution in [3.05, 3.63) is 0 Å². The van der Waals surface area contributed by atoms with Crippen LogP contribution in [0.4, 0.5) is 0 Å². The van der Waals surface area contributed by atoms with Crippen molar-refractivity contribution in [2.75, 3.05) is 0 Å². The lowest BCUT2D eigenvalue weighted by Gasteiger charge is -2.39. The van der Waals surface area contributed by atoms with Crippen LogP contribution in [-0.2, 0) is 9.47 Å². The summed E-state index contributed by atoms with van der Waals surface area (Å²) in [6.45, 7) is 3.47. The third-order valence-electron chi connectivity index (χ3n) is 2.11. The molecule has 0 amide bonds. The SMILES string of the molecule is C[C@@H]1OC(C(Cl)(Cl)Cl)(C(Cl)(Cl)Cl)O[C@@H]1C. The monoisotopic (exact) mass is 334 g/mol. The zero-order valence-corrected chi connectivity index (χ0v) is 12.3. The Kier molecular flexibility index (Phi) is 4.32. The molecule has 1 aliphatic heterocycles. The van der Waals surface area contributed by atoms with Crippen LogP contribution in [0.15, 0.2) is 0 Å². The fourth-order valence-electron chi connectivity index (χ4n) is 1.17. The Morgan fingerprint density at radius 3 is 1.20 bits per heavy atom. The van der Waals surface area contributed by atoms with Gasteiger partial charge in [0.25, 0.3) is 5.79 Å². The van der Waals surface area contributed by atoms with E-state index in [0.29, 0.717) is 0 Å². The normalized spacial score (nSPS) is 32.0. The Balaban J connectivity index is 3.12. The highest BCUT2D eigenvalue weighted by Crippen LogP contribution is 2.57. The Labute approximate surface area is 118 Å². The van der Waals surface area contributed by atoms with Gasteiger partial charge in [-0.3, -0.25) is 0 Å². The topological polar surface area (TPSA) is 18.5 Å². The van der Waals surface area contributed by atoms with Crippen molar-refractivity contribution in [2.45, 2.75) is 39.4 Å². The van der Waals surface area contributed by atoms with E-state index in [1.165, 1.54) is 0 Å². The number of rotatable bonds is 0. The maximum Gasteiger partial charge on any atom is 0.265 e. The Hall–Kier alpha value is 1.66. The van der Waals surface area contributed by atoms with E-state index in [9.17, 15) is 0 Å². The van der Waals surface area contributed by atoms with Crippen molar-refractivity contribution in [1.82, 2.24) is 0 Å². The van der Waals surface area contributed by atoms with E-state index in [1.54, 1.807) is 13.8 Å². The van der Waals surface area contributed by atoms with Gasteiger partial charge in [0, 0.05) is 0 Å². The smallest absolute Gasteiger partial charge is 0.265 e. The minimum atomic E-state index is -2.00. The molecule has 2 nitrogen and oxygen atoms in total. The summed E-state index contributed by atoms with van der Waals surface area (Å²) in [5, 5.41) is 0. The summed E-state index contributed by atoms with van der Waals surface area (Å²) in [4.78, 5) is 0. The lowest BCUT2D eigenvalue weighted by atomic mass is 10.3. The summed E-state index contributed by atoms with van der Waals surface area (Å²) >= 11 is 34.4. The molecule has 1 heterocycles. The van der Waals surface area contributed by atoms with Gasteiger partial charge in [-0.1, -0.05) is 69.6 Å². The number of alkyl halides is 6. The predicted molar refractivity (Wildman–Crippen MR) is 64.4 cm³/mol. The van der Waals surface area contributed by atoms with Crippen molar-refractivity contribution in [3.63, 3.8) is 0 Å². The molecule has 0 aromatic heterocycles. The zero-order chi connectivity index (χ0) is 12.1. The van der Waals surface area contributed by atoms with Crippen LogP contribution in [-0.4, -0.2) is 25.6 Å². The van der Waals surface area contributed by atoms with Crippen LogP contribution >= 0.6 is 69.6 Å². The van der Waals surface area contributed by atoms with Crippen molar-refractivity contribution in [1.29, 1.82) is 0 Å². The molecular weight excluding hydrogens is 329 g/mol. The molecule has 15 heavy (non-hydrogen) atoms. The molecule has 8 heteroatoms. The first kappa shape index (κ1) is 14.7. The molecule has 0 bridgehead atoms. The summed E-state index contributed by atoms with van der Waals surface area (Å²) in [6.07, 6.45) is -0.674. The second-order valence-corrected chi connectivity index (χ2v) is 7.82. The van der Waals surface area contributed by atoms with Gasteiger partial charge < -0.3 is 9.47 Å². The quantitative estimate of drug-likeness (QED) is 0.616. The Bertz CT molecular complexity index is 219. The molecular formula is C7H8Cl6O2. The predicted octanol–water partition coefficient (Wildman–Crippen LogP) is 4.25. The maximum absolute atomic E-state index is 5.74. The molecule has 0 saturated carbocycles. The van der Waals surface area contributed by atoms with Gasteiger partial charge in [-0.15, -0.1) is 0 Å². The fraction of sp³-hybridized carbons (Fsp3) is 1.00. The highest BCUT2D eigenvalue weighted by molar-refractivity contribution is 6.73. The van der Waals surface area contributed by atoms with E-state index in [1.807, 2.05) is 0 Å². The van der Waals surface area contributed by atoms with E-state index in [-0.39, 0.29) is 12.2 Å². The summed E-state index contributed by atoms with van der Waals surface area (Å²) in [5.74, 6) is -1.89. The summed E-state index contributed by atoms with van der Waals surface area (Å²) in [5.41, 5.74) is 0. The number of ether oxygens (including phenoxy) is 2. The number of hydrogen-bond acceptors (Lipinski definition) is 2. The lowest BCUT2D eigenvalue weighted by Crippen LogP contribution is -2.55. The highest BCUT2D eigenvalue weighted by Gasteiger charge is 2.68. The van der Waals surface area contributed by atoms with Crippen molar-refractivity contribution >= 4 is 69.6 Å². The van der Waals surface area contributed by atoms with Gasteiger partial charge >= 0.3 is 0 Å². The van der Waals surface area contributed by atoms with E-state index >= 15 is 0 Å². The van der Waals surface area contributed by atoms with Crippen LogP contribution in [0, 0.1) is 0 Å². The third kappa shape index (κ3) is 2.58. The van der Waals surface area contributed by atoms with Crippen LogP contribution in [0.3, 0.4) is 0 Å². The first-order valence-electron chi connectivity index (χ1n) is 4.00. The van der Waals surface area contributed by atoms with Crippen LogP contribution < -0.4 is 0 Å². The first-order chi connectivity index (χ1) is 6.51. The second-order valence-electron chi connectivity index (χ2n) is 3.26. The molecule has 1 aliphatic rings. The van der Waals surface area contributed by atoms with Gasteiger partial charge in [-0.25, -0.2) is 0 Å². The average molecular weight is 337 g/mol. The van der Waals surface area contributed by atoms with Crippen LogP contribution in [0.25, 0.3) is 0 Å². The molecule has 0 unspecified atom stereocenters. The Morgan fingerprint density at radius 1 is 0.800 bits per heavy atom. The molecule has 0 spiro atoms. The van der Waals surface area contributed by atoms with E-state index in [4.69, 9.17) is 79.1 Å². The maximum atomic E-state index is 5.74. The van der Waals surface area contributed by atoms with E-state index in [0.717, 1.165) is 0 Å². The van der Waals surface area contributed by atoms with E-state index in [2.05, 4.69) is 0 Å². The molecule has 0 N–H and O–H groups in total. The van der Waals surface area contributed by atoms with Gasteiger partial charge in [0.2, 0.25) is 7.59 Å². The zero-order valence-electron chi connectivity index (χ0n) is 7.74. The summed E-state index contributed by atoms with van der Waals surface area (Å²) < 4.78 is 6.75. The minimum absolute atomic E-state index is 0.337. The molecule has 2 atom stereocenters. The van der Waals surface area contributed by atoms with Gasteiger partial charge in [0.15, 0.2) is 0 Å². The molecule has 1 fully saturated rings. The van der Waals surface area contributed by atoms with Crippen molar-refractivity contribution in [2.24, 2.45) is 0 Å².